The molecule has 0 radical (unpaired) electrons. The summed E-state index contributed by atoms with van der Waals surface area (Å²) in [4.78, 5) is 13.0. The van der Waals surface area contributed by atoms with Crippen LogP contribution in [-0.4, -0.2) is 35.0 Å². The van der Waals surface area contributed by atoms with Gasteiger partial charge in [0.15, 0.2) is 5.13 Å². The van der Waals surface area contributed by atoms with Crippen LogP contribution in [-0.2, 0) is 13.0 Å². The van der Waals surface area contributed by atoms with Crippen LogP contribution >= 0.6 is 22.7 Å². The molecule has 0 aliphatic rings. The van der Waals surface area contributed by atoms with Crippen molar-refractivity contribution in [2.75, 3.05) is 25.5 Å². The zero-order valence-electron chi connectivity index (χ0n) is 12.6. The number of aromatic nitrogens is 2. The number of anilines is 1. The van der Waals surface area contributed by atoms with Crippen molar-refractivity contribution in [3.8, 4) is 10.6 Å². The molecule has 2 heterocycles. The zero-order chi connectivity index (χ0) is 14.5. The van der Waals surface area contributed by atoms with E-state index < -0.39 is 0 Å². The highest BCUT2D eigenvalue weighted by Crippen LogP contribution is 2.33. The molecule has 0 aliphatic carbocycles. The average Bonchev–Trinajstić information content (AvgIpc) is 3.10. The highest BCUT2D eigenvalue weighted by molar-refractivity contribution is 7.16. The molecule has 2 rings (SSSR count). The minimum Gasteiger partial charge on any atom is -0.365 e. The molecule has 1 N–H and O–H groups in total. The molecule has 0 unspecified atom stereocenters. The average molecular weight is 310 g/mol. The van der Waals surface area contributed by atoms with Crippen LogP contribution in [0.2, 0.25) is 0 Å². The second-order valence-electron chi connectivity index (χ2n) is 4.49. The number of rotatable bonds is 7. The molecule has 0 saturated heterocycles. The van der Waals surface area contributed by atoms with Crippen molar-refractivity contribution in [3.05, 3.63) is 16.1 Å². The third kappa shape index (κ3) is 3.37. The van der Waals surface area contributed by atoms with E-state index in [1.807, 2.05) is 7.05 Å². The Kier molecular flexibility index (Phi) is 5.51. The molecule has 4 nitrogen and oxygen atoms in total. The summed E-state index contributed by atoms with van der Waals surface area (Å²) in [5.74, 6) is 0. The van der Waals surface area contributed by atoms with Gasteiger partial charge in [-0.3, -0.25) is 4.90 Å². The first-order chi connectivity index (χ1) is 9.71. The van der Waals surface area contributed by atoms with Crippen LogP contribution in [0.3, 0.4) is 0 Å². The lowest BCUT2D eigenvalue weighted by atomic mass is 10.2. The van der Waals surface area contributed by atoms with Crippen LogP contribution in [0.4, 0.5) is 5.13 Å². The third-order valence-corrected chi connectivity index (χ3v) is 5.25. The first kappa shape index (κ1) is 15.4. The predicted octanol–water partition coefficient (Wildman–Crippen LogP) is 3.71. The Bertz CT molecular complexity index is 543. The van der Waals surface area contributed by atoms with Crippen molar-refractivity contribution < 1.29 is 0 Å². The van der Waals surface area contributed by atoms with Gasteiger partial charge in [0.05, 0.1) is 22.8 Å². The Labute approximate surface area is 128 Å². The van der Waals surface area contributed by atoms with Crippen LogP contribution in [0.15, 0.2) is 5.38 Å². The number of aryl methyl sites for hydroxylation is 1. The fourth-order valence-electron chi connectivity index (χ4n) is 2.04. The van der Waals surface area contributed by atoms with Crippen LogP contribution in [0.5, 0.6) is 0 Å². The standard InChI is InChI=1S/C14H22N4S2/c1-5-10-13(11-9-19-14(15-4)17-11)20-12(16-10)8-18(6-2)7-3/h9H,5-8H2,1-4H3,(H,15,17). The van der Waals surface area contributed by atoms with Gasteiger partial charge in [-0.1, -0.05) is 20.8 Å². The number of hydrogen-bond donors (Lipinski definition) is 1. The molecule has 0 atom stereocenters. The molecule has 20 heavy (non-hydrogen) atoms. The van der Waals surface area contributed by atoms with E-state index in [0.717, 1.165) is 36.9 Å². The summed E-state index contributed by atoms with van der Waals surface area (Å²) in [6.45, 7) is 9.61. The van der Waals surface area contributed by atoms with Crippen LogP contribution in [0.1, 0.15) is 31.5 Å². The van der Waals surface area contributed by atoms with Gasteiger partial charge >= 0.3 is 0 Å². The third-order valence-electron chi connectivity index (χ3n) is 3.28. The van der Waals surface area contributed by atoms with Gasteiger partial charge in [-0.25, -0.2) is 9.97 Å². The van der Waals surface area contributed by atoms with Gasteiger partial charge in [0, 0.05) is 12.4 Å². The minimum absolute atomic E-state index is 0.938. The lowest BCUT2D eigenvalue weighted by Gasteiger charge is -2.15. The van der Waals surface area contributed by atoms with E-state index in [1.54, 1.807) is 22.7 Å². The molecule has 6 heteroatoms. The fourth-order valence-corrected chi connectivity index (χ4v) is 3.93. The molecular weight excluding hydrogens is 288 g/mol. The second kappa shape index (κ2) is 7.15. The summed E-state index contributed by atoms with van der Waals surface area (Å²) in [7, 11) is 1.90. The normalized spacial score (nSPS) is 11.2. The van der Waals surface area contributed by atoms with Crippen molar-refractivity contribution in [3.63, 3.8) is 0 Å². The first-order valence-electron chi connectivity index (χ1n) is 7.06. The van der Waals surface area contributed by atoms with Gasteiger partial charge in [-0.15, -0.1) is 22.7 Å². The van der Waals surface area contributed by atoms with E-state index in [-0.39, 0.29) is 0 Å². The van der Waals surface area contributed by atoms with Crippen molar-refractivity contribution in [1.82, 2.24) is 14.9 Å². The summed E-state index contributed by atoms with van der Waals surface area (Å²) in [6, 6.07) is 0. The molecule has 110 valence electrons. The smallest absolute Gasteiger partial charge is 0.182 e. The van der Waals surface area contributed by atoms with E-state index in [9.17, 15) is 0 Å². The predicted molar refractivity (Wildman–Crippen MR) is 88.8 cm³/mol. The maximum atomic E-state index is 4.80. The largest absolute Gasteiger partial charge is 0.365 e. The van der Waals surface area contributed by atoms with Crippen LogP contribution in [0.25, 0.3) is 10.6 Å². The monoisotopic (exact) mass is 310 g/mol. The van der Waals surface area contributed by atoms with Gasteiger partial charge in [-0.05, 0) is 19.5 Å². The highest BCUT2D eigenvalue weighted by atomic mass is 32.1. The fraction of sp³-hybridized carbons (Fsp3) is 0.571. The second-order valence-corrected chi connectivity index (χ2v) is 6.43. The van der Waals surface area contributed by atoms with Crippen LogP contribution in [0, 0.1) is 0 Å². The maximum Gasteiger partial charge on any atom is 0.182 e. The number of nitrogens with zero attached hydrogens (tertiary/aromatic N) is 3. The Hall–Kier alpha value is -0.980. The number of hydrogen-bond acceptors (Lipinski definition) is 6. The van der Waals surface area contributed by atoms with Gasteiger partial charge < -0.3 is 5.32 Å². The van der Waals surface area contributed by atoms with Crippen molar-refractivity contribution in [2.45, 2.75) is 33.7 Å². The molecule has 0 amide bonds. The molecule has 0 aliphatic heterocycles. The number of thiazole rings is 2. The Morgan fingerprint density at radius 1 is 1.20 bits per heavy atom. The van der Waals surface area contributed by atoms with Crippen molar-refractivity contribution in [1.29, 1.82) is 0 Å². The molecule has 0 spiro atoms. The van der Waals surface area contributed by atoms with E-state index in [0.29, 0.717) is 0 Å². The zero-order valence-corrected chi connectivity index (χ0v) is 14.2. The maximum absolute atomic E-state index is 4.80. The summed E-state index contributed by atoms with van der Waals surface area (Å²) in [5.41, 5.74) is 2.23. The summed E-state index contributed by atoms with van der Waals surface area (Å²) >= 11 is 3.43. The van der Waals surface area contributed by atoms with Crippen molar-refractivity contribution in [2.24, 2.45) is 0 Å². The van der Waals surface area contributed by atoms with Gasteiger partial charge in [-0.2, -0.15) is 0 Å². The van der Waals surface area contributed by atoms with Gasteiger partial charge in [0.2, 0.25) is 0 Å². The van der Waals surface area contributed by atoms with E-state index in [2.05, 4.69) is 41.4 Å². The summed E-state index contributed by atoms with van der Waals surface area (Å²) < 4.78 is 0. The van der Waals surface area contributed by atoms with Crippen LogP contribution < -0.4 is 5.32 Å². The summed E-state index contributed by atoms with van der Waals surface area (Å²) in [6.07, 6.45) is 0.955. The molecule has 0 bridgehead atoms. The molecule has 2 aromatic heterocycles. The van der Waals surface area contributed by atoms with Gasteiger partial charge in [0.25, 0.3) is 0 Å². The quantitative estimate of drug-likeness (QED) is 0.846. The Balaban J connectivity index is 2.26. The van der Waals surface area contributed by atoms with E-state index in [1.165, 1.54) is 15.6 Å². The van der Waals surface area contributed by atoms with E-state index in [4.69, 9.17) is 4.98 Å². The number of nitrogens with one attached hydrogen (secondary N) is 1. The Morgan fingerprint density at radius 2 is 1.95 bits per heavy atom. The molecule has 0 saturated carbocycles. The minimum atomic E-state index is 0.938. The molecule has 2 aromatic rings. The van der Waals surface area contributed by atoms with E-state index >= 15 is 0 Å². The highest BCUT2D eigenvalue weighted by Gasteiger charge is 2.15. The molecule has 0 aromatic carbocycles. The SMILES string of the molecule is CCc1nc(CN(CC)CC)sc1-c1csc(NC)n1. The van der Waals surface area contributed by atoms with Crippen molar-refractivity contribution >= 4 is 27.8 Å². The summed E-state index contributed by atoms with van der Waals surface area (Å²) in [5, 5.41) is 7.36. The topological polar surface area (TPSA) is 41.1 Å². The Morgan fingerprint density at radius 3 is 2.50 bits per heavy atom. The molecular formula is C14H22N4S2. The van der Waals surface area contributed by atoms with Gasteiger partial charge in [0.1, 0.15) is 5.01 Å². The molecule has 0 fully saturated rings. The lowest BCUT2D eigenvalue weighted by molar-refractivity contribution is 0.295. The first-order valence-corrected chi connectivity index (χ1v) is 8.75. The lowest BCUT2D eigenvalue weighted by Crippen LogP contribution is -2.21.